The summed E-state index contributed by atoms with van der Waals surface area (Å²) in [5.41, 5.74) is 3.09. The van der Waals surface area contributed by atoms with Crippen LogP contribution in [-0.2, 0) is 11.2 Å². The Morgan fingerprint density at radius 2 is 2.11 bits per heavy atom. The summed E-state index contributed by atoms with van der Waals surface area (Å²) in [4.78, 5) is 5.42. The molecule has 1 N–H and O–H groups in total. The number of rotatable bonds is 7. The number of nitrogens with zero attached hydrogens (tertiary/aromatic N) is 1. The third-order valence-corrected chi connectivity index (χ3v) is 3.92. The van der Waals surface area contributed by atoms with E-state index in [0.717, 1.165) is 13.0 Å². The van der Waals surface area contributed by atoms with E-state index < -0.39 is 0 Å². The van der Waals surface area contributed by atoms with Crippen LogP contribution in [0, 0.1) is 0 Å². The second-order valence-electron chi connectivity index (χ2n) is 4.40. The van der Waals surface area contributed by atoms with E-state index in [1.165, 1.54) is 10.4 Å². The highest BCUT2D eigenvalue weighted by atomic mass is 32.1. The van der Waals surface area contributed by atoms with Crippen LogP contribution in [-0.4, -0.2) is 24.7 Å². The molecule has 0 saturated carbocycles. The predicted octanol–water partition coefficient (Wildman–Crippen LogP) is 3.05. The summed E-state index contributed by atoms with van der Waals surface area (Å²) in [7, 11) is 1.77. The van der Waals surface area contributed by atoms with Gasteiger partial charge in [0.2, 0.25) is 0 Å². The monoisotopic (exact) mass is 276 g/mol. The van der Waals surface area contributed by atoms with Gasteiger partial charge in [-0.05, 0) is 12.1 Å². The summed E-state index contributed by atoms with van der Waals surface area (Å²) < 4.78 is 5.72. The van der Waals surface area contributed by atoms with Crippen molar-refractivity contribution in [2.24, 2.45) is 0 Å². The van der Waals surface area contributed by atoms with E-state index >= 15 is 0 Å². The van der Waals surface area contributed by atoms with Gasteiger partial charge in [-0.25, -0.2) is 0 Å². The molecule has 102 valence electrons. The van der Waals surface area contributed by atoms with E-state index in [1.54, 1.807) is 18.4 Å². The quantitative estimate of drug-likeness (QED) is 0.844. The van der Waals surface area contributed by atoms with Crippen molar-refractivity contribution in [3.63, 3.8) is 0 Å². The lowest BCUT2D eigenvalue weighted by molar-refractivity contribution is 0.0686. The molecule has 0 radical (unpaired) electrons. The zero-order chi connectivity index (χ0) is 13.5. The van der Waals surface area contributed by atoms with Crippen LogP contribution in [0.1, 0.15) is 23.5 Å². The topological polar surface area (TPSA) is 34.2 Å². The van der Waals surface area contributed by atoms with Crippen molar-refractivity contribution in [2.75, 3.05) is 13.7 Å². The van der Waals surface area contributed by atoms with E-state index in [0.29, 0.717) is 0 Å². The van der Waals surface area contributed by atoms with Gasteiger partial charge in [0, 0.05) is 30.6 Å². The summed E-state index contributed by atoms with van der Waals surface area (Å²) in [6.07, 6.45) is 2.93. The van der Waals surface area contributed by atoms with Crippen LogP contribution in [0.5, 0.6) is 0 Å². The van der Waals surface area contributed by atoms with Crippen molar-refractivity contribution in [1.82, 2.24) is 10.3 Å². The van der Waals surface area contributed by atoms with Gasteiger partial charge in [-0.1, -0.05) is 37.3 Å². The Labute approximate surface area is 118 Å². The Kier molecular flexibility index (Phi) is 5.51. The van der Waals surface area contributed by atoms with Crippen LogP contribution >= 0.6 is 11.3 Å². The Hall–Kier alpha value is -1.23. The SMILES string of the molecule is CCNC(Cc1cncs1)C(OC)c1ccccc1. The van der Waals surface area contributed by atoms with Crippen molar-refractivity contribution >= 4 is 11.3 Å². The summed E-state index contributed by atoms with van der Waals surface area (Å²) in [6, 6.07) is 10.6. The fraction of sp³-hybridized carbons (Fsp3) is 0.400. The van der Waals surface area contributed by atoms with E-state index in [4.69, 9.17) is 4.74 Å². The van der Waals surface area contributed by atoms with Crippen molar-refractivity contribution < 1.29 is 4.74 Å². The van der Waals surface area contributed by atoms with Crippen LogP contribution in [0.4, 0.5) is 0 Å². The third-order valence-electron chi connectivity index (χ3n) is 3.12. The standard InChI is InChI=1S/C15H20N2OS/c1-3-17-14(9-13-10-16-11-19-13)15(18-2)12-7-5-4-6-8-12/h4-8,10-11,14-15,17H,3,9H2,1-2H3. The second kappa shape index (κ2) is 7.38. The minimum atomic E-state index is 0.0586. The lowest BCUT2D eigenvalue weighted by atomic mass is 9.99. The van der Waals surface area contributed by atoms with E-state index in [-0.39, 0.29) is 12.1 Å². The minimum absolute atomic E-state index is 0.0586. The first kappa shape index (κ1) is 14.2. The van der Waals surface area contributed by atoms with Gasteiger partial charge in [-0.3, -0.25) is 4.98 Å². The lowest BCUT2D eigenvalue weighted by Gasteiger charge is -2.26. The molecule has 2 unspecified atom stereocenters. The number of thiazole rings is 1. The molecule has 4 heteroatoms. The summed E-state index contributed by atoms with van der Waals surface area (Å²) >= 11 is 1.69. The fourth-order valence-electron chi connectivity index (χ4n) is 2.28. The number of likely N-dealkylation sites (N-methyl/N-ethyl adjacent to an activating group) is 1. The maximum Gasteiger partial charge on any atom is 0.0977 e. The molecule has 1 heterocycles. The van der Waals surface area contributed by atoms with Crippen molar-refractivity contribution in [3.05, 3.63) is 52.5 Å². The van der Waals surface area contributed by atoms with Crippen LogP contribution in [0.2, 0.25) is 0 Å². The van der Waals surface area contributed by atoms with Crippen molar-refractivity contribution in [1.29, 1.82) is 0 Å². The lowest BCUT2D eigenvalue weighted by Crippen LogP contribution is -2.37. The van der Waals surface area contributed by atoms with Gasteiger partial charge in [-0.2, -0.15) is 0 Å². The minimum Gasteiger partial charge on any atom is -0.375 e. The number of hydrogen-bond donors (Lipinski definition) is 1. The molecule has 0 spiro atoms. The third kappa shape index (κ3) is 3.86. The normalized spacial score (nSPS) is 14.2. The molecule has 1 aromatic heterocycles. The molecule has 0 aliphatic rings. The molecule has 0 saturated heterocycles. The number of aromatic nitrogens is 1. The first-order chi connectivity index (χ1) is 9.35. The molecule has 1 aromatic carbocycles. The Bertz CT molecular complexity index is 458. The van der Waals surface area contributed by atoms with Gasteiger partial charge in [0.15, 0.2) is 0 Å². The van der Waals surface area contributed by atoms with E-state index in [1.807, 2.05) is 17.8 Å². The molecular weight excluding hydrogens is 256 g/mol. The molecule has 0 fully saturated rings. The van der Waals surface area contributed by atoms with Crippen LogP contribution in [0.25, 0.3) is 0 Å². The smallest absolute Gasteiger partial charge is 0.0977 e. The highest BCUT2D eigenvalue weighted by Gasteiger charge is 2.22. The first-order valence-electron chi connectivity index (χ1n) is 6.53. The molecular formula is C15H20N2OS. The van der Waals surface area contributed by atoms with Gasteiger partial charge in [-0.15, -0.1) is 11.3 Å². The molecule has 0 aliphatic carbocycles. The molecule has 3 nitrogen and oxygen atoms in total. The molecule has 2 aromatic rings. The van der Waals surface area contributed by atoms with Gasteiger partial charge < -0.3 is 10.1 Å². The summed E-state index contributed by atoms with van der Waals surface area (Å²) in [6.45, 7) is 3.05. The molecule has 0 aliphatic heterocycles. The zero-order valence-corrected chi connectivity index (χ0v) is 12.2. The number of methoxy groups -OCH3 is 1. The maximum atomic E-state index is 5.72. The molecule has 2 rings (SSSR count). The largest absolute Gasteiger partial charge is 0.375 e. The highest BCUT2D eigenvalue weighted by molar-refractivity contribution is 7.09. The van der Waals surface area contributed by atoms with Gasteiger partial charge >= 0.3 is 0 Å². The number of benzene rings is 1. The summed E-state index contributed by atoms with van der Waals surface area (Å²) in [5, 5.41) is 3.52. The first-order valence-corrected chi connectivity index (χ1v) is 7.41. The van der Waals surface area contributed by atoms with Crippen LogP contribution in [0.15, 0.2) is 42.0 Å². The number of nitrogens with one attached hydrogen (secondary N) is 1. The average molecular weight is 276 g/mol. The Balaban J connectivity index is 2.16. The molecule has 0 bridgehead atoms. The highest BCUT2D eigenvalue weighted by Crippen LogP contribution is 2.24. The number of hydrogen-bond acceptors (Lipinski definition) is 4. The van der Waals surface area contributed by atoms with Crippen LogP contribution < -0.4 is 5.32 Å². The summed E-state index contributed by atoms with van der Waals surface area (Å²) in [5.74, 6) is 0. The molecule has 0 amide bonds. The van der Waals surface area contributed by atoms with E-state index in [2.05, 4.69) is 41.5 Å². The van der Waals surface area contributed by atoms with E-state index in [9.17, 15) is 0 Å². The maximum absolute atomic E-state index is 5.72. The van der Waals surface area contributed by atoms with Crippen molar-refractivity contribution in [2.45, 2.75) is 25.5 Å². The van der Waals surface area contributed by atoms with Gasteiger partial charge in [0.05, 0.1) is 11.6 Å². The zero-order valence-electron chi connectivity index (χ0n) is 11.4. The fourth-order valence-corrected chi connectivity index (χ4v) is 2.94. The number of ether oxygens (including phenoxy) is 1. The Morgan fingerprint density at radius 3 is 2.68 bits per heavy atom. The Morgan fingerprint density at radius 1 is 1.32 bits per heavy atom. The van der Waals surface area contributed by atoms with Gasteiger partial charge in [0.25, 0.3) is 0 Å². The molecule has 2 atom stereocenters. The van der Waals surface area contributed by atoms with Gasteiger partial charge in [0.1, 0.15) is 0 Å². The average Bonchev–Trinajstić information content (AvgIpc) is 2.94. The van der Waals surface area contributed by atoms with Crippen LogP contribution in [0.3, 0.4) is 0 Å². The predicted molar refractivity (Wildman–Crippen MR) is 79.5 cm³/mol. The second-order valence-corrected chi connectivity index (χ2v) is 5.37. The molecule has 19 heavy (non-hydrogen) atoms. The van der Waals surface area contributed by atoms with Crippen molar-refractivity contribution in [3.8, 4) is 0 Å².